The first-order chi connectivity index (χ1) is 14.5. The number of nitrogens with zero attached hydrogens (tertiary/aromatic N) is 4. The third-order valence-electron chi connectivity index (χ3n) is 4.86. The average Bonchev–Trinajstić information content (AvgIpc) is 3.19. The van der Waals surface area contributed by atoms with Crippen LogP contribution in [0, 0.1) is 5.82 Å². The van der Waals surface area contributed by atoms with Crippen LogP contribution in [0.3, 0.4) is 0 Å². The fourth-order valence-corrected chi connectivity index (χ4v) is 4.64. The number of carbonyl (C=O) groups is 2. The summed E-state index contributed by atoms with van der Waals surface area (Å²) in [4.78, 5) is 38.5. The molecule has 1 saturated heterocycles. The van der Waals surface area contributed by atoms with Gasteiger partial charge in [0.2, 0.25) is 5.91 Å². The molecule has 1 fully saturated rings. The van der Waals surface area contributed by atoms with Crippen molar-refractivity contribution in [3.8, 4) is 0 Å². The molecule has 2 amide bonds. The van der Waals surface area contributed by atoms with Gasteiger partial charge < -0.3 is 15.1 Å². The van der Waals surface area contributed by atoms with Gasteiger partial charge in [-0.25, -0.2) is 14.4 Å². The molecule has 10 heteroatoms. The molecule has 1 aliphatic rings. The number of amides is 2. The Bertz CT molecular complexity index is 1050. The van der Waals surface area contributed by atoms with Crippen LogP contribution < -0.4 is 10.2 Å². The highest BCUT2D eigenvalue weighted by atomic mass is 79.9. The largest absolute Gasteiger partial charge is 0.351 e. The summed E-state index contributed by atoms with van der Waals surface area (Å²) in [5.74, 6) is -0.913. The van der Waals surface area contributed by atoms with Crippen LogP contribution in [0.5, 0.6) is 0 Å². The average molecular weight is 492 g/mol. The van der Waals surface area contributed by atoms with Crippen LogP contribution >= 0.6 is 27.3 Å². The Kier molecular flexibility index (Phi) is 6.24. The maximum absolute atomic E-state index is 13.3. The van der Waals surface area contributed by atoms with Crippen molar-refractivity contribution in [1.29, 1.82) is 0 Å². The summed E-state index contributed by atoms with van der Waals surface area (Å²) in [7, 11) is 0. The topological polar surface area (TPSA) is 78.4 Å². The number of pyridine rings is 1. The summed E-state index contributed by atoms with van der Waals surface area (Å²) < 4.78 is 13.9. The minimum atomic E-state index is -0.485. The van der Waals surface area contributed by atoms with Crippen LogP contribution in [0.4, 0.5) is 9.52 Å². The van der Waals surface area contributed by atoms with Crippen LogP contribution in [-0.4, -0.2) is 59.4 Å². The van der Waals surface area contributed by atoms with Gasteiger partial charge in [-0.15, -0.1) is 0 Å². The second kappa shape index (κ2) is 9.05. The number of hydrogen-bond donors (Lipinski definition) is 1. The lowest BCUT2D eigenvalue weighted by Gasteiger charge is -2.34. The van der Waals surface area contributed by atoms with Crippen molar-refractivity contribution in [1.82, 2.24) is 20.2 Å². The van der Waals surface area contributed by atoms with E-state index < -0.39 is 11.7 Å². The lowest BCUT2D eigenvalue weighted by molar-refractivity contribution is -0.131. The molecule has 1 N–H and O–H groups in total. The second-order valence-electron chi connectivity index (χ2n) is 6.82. The van der Waals surface area contributed by atoms with E-state index in [-0.39, 0.29) is 24.4 Å². The van der Waals surface area contributed by atoms with Gasteiger partial charge >= 0.3 is 0 Å². The van der Waals surface area contributed by atoms with E-state index in [1.165, 1.54) is 12.1 Å². The zero-order valence-corrected chi connectivity index (χ0v) is 18.4. The van der Waals surface area contributed by atoms with Gasteiger partial charge in [0.05, 0.1) is 5.56 Å². The van der Waals surface area contributed by atoms with Crippen LogP contribution in [0.2, 0.25) is 0 Å². The Hall–Kier alpha value is -2.59. The quantitative estimate of drug-likeness (QED) is 0.593. The molecular weight excluding hydrogens is 473 g/mol. The van der Waals surface area contributed by atoms with Crippen molar-refractivity contribution in [2.24, 2.45) is 0 Å². The van der Waals surface area contributed by atoms with Crippen molar-refractivity contribution in [2.75, 3.05) is 37.6 Å². The molecule has 2 aromatic heterocycles. The van der Waals surface area contributed by atoms with Crippen molar-refractivity contribution in [3.05, 3.63) is 52.4 Å². The third kappa shape index (κ3) is 4.59. The number of halogens is 2. The van der Waals surface area contributed by atoms with Gasteiger partial charge in [0.15, 0.2) is 5.13 Å². The number of thiazole rings is 1. The van der Waals surface area contributed by atoms with Gasteiger partial charge in [0.25, 0.3) is 5.91 Å². The summed E-state index contributed by atoms with van der Waals surface area (Å²) in [5, 5.41) is 3.60. The molecule has 4 rings (SSSR count). The number of fused-ring (bicyclic) bond motifs is 1. The standard InChI is InChI=1S/C20H19BrFN5O2S/c21-15-4-3-13(22)12-14(15)18(29)23-7-5-17(28)26-8-10-27(11-9-26)20-25-16-2-1-6-24-19(16)30-20/h1-4,6,12H,5,7-11H2,(H,23,29). The summed E-state index contributed by atoms with van der Waals surface area (Å²) in [5.41, 5.74) is 1.10. The Balaban J connectivity index is 1.25. The van der Waals surface area contributed by atoms with Gasteiger partial charge in [0, 0.05) is 49.8 Å². The summed E-state index contributed by atoms with van der Waals surface area (Å²) in [6.45, 7) is 2.81. The van der Waals surface area contributed by atoms with Crippen molar-refractivity contribution in [2.45, 2.75) is 6.42 Å². The van der Waals surface area contributed by atoms with Crippen LogP contribution in [-0.2, 0) is 4.79 Å². The first kappa shape index (κ1) is 20.7. The number of piperazine rings is 1. The molecule has 1 aliphatic heterocycles. The lowest BCUT2D eigenvalue weighted by Crippen LogP contribution is -2.49. The highest BCUT2D eigenvalue weighted by molar-refractivity contribution is 9.10. The summed E-state index contributed by atoms with van der Waals surface area (Å²) in [6.07, 6.45) is 1.95. The minimum Gasteiger partial charge on any atom is -0.351 e. The van der Waals surface area contributed by atoms with Gasteiger partial charge in [-0.3, -0.25) is 9.59 Å². The highest BCUT2D eigenvalue weighted by Gasteiger charge is 2.23. The van der Waals surface area contributed by atoms with E-state index in [0.29, 0.717) is 30.7 Å². The smallest absolute Gasteiger partial charge is 0.252 e. The molecule has 30 heavy (non-hydrogen) atoms. The first-order valence-corrected chi connectivity index (χ1v) is 11.1. The molecule has 1 aromatic carbocycles. The Morgan fingerprint density at radius 1 is 1.20 bits per heavy atom. The monoisotopic (exact) mass is 491 g/mol. The SMILES string of the molecule is O=C(NCCC(=O)N1CCN(c2nc3cccnc3s2)CC1)c1cc(F)ccc1Br. The minimum absolute atomic E-state index is 0.0146. The number of anilines is 1. The van der Waals surface area contributed by atoms with E-state index in [2.05, 4.69) is 36.1 Å². The van der Waals surface area contributed by atoms with Crippen molar-refractivity contribution in [3.63, 3.8) is 0 Å². The van der Waals surface area contributed by atoms with E-state index in [4.69, 9.17) is 0 Å². The molecule has 0 atom stereocenters. The normalized spacial score (nSPS) is 14.2. The number of carbonyl (C=O) groups excluding carboxylic acids is 2. The van der Waals surface area contributed by atoms with Crippen LogP contribution in [0.15, 0.2) is 41.0 Å². The number of benzene rings is 1. The molecule has 0 aliphatic carbocycles. The van der Waals surface area contributed by atoms with Crippen molar-refractivity contribution < 1.29 is 14.0 Å². The predicted molar refractivity (Wildman–Crippen MR) is 117 cm³/mol. The molecule has 156 valence electrons. The van der Waals surface area contributed by atoms with Gasteiger partial charge in [0.1, 0.15) is 16.2 Å². The second-order valence-corrected chi connectivity index (χ2v) is 8.63. The molecule has 0 unspecified atom stereocenters. The summed E-state index contributed by atoms with van der Waals surface area (Å²) in [6, 6.07) is 7.73. The van der Waals surface area contributed by atoms with E-state index in [9.17, 15) is 14.0 Å². The van der Waals surface area contributed by atoms with E-state index >= 15 is 0 Å². The maximum Gasteiger partial charge on any atom is 0.252 e. The number of hydrogen-bond acceptors (Lipinski definition) is 6. The molecular formula is C20H19BrFN5O2S. The first-order valence-electron chi connectivity index (χ1n) is 9.49. The number of rotatable bonds is 5. The third-order valence-corrected chi connectivity index (χ3v) is 6.59. The van der Waals surface area contributed by atoms with Gasteiger partial charge in [-0.05, 0) is 46.3 Å². The molecule has 3 heterocycles. The van der Waals surface area contributed by atoms with Crippen LogP contribution in [0.25, 0.3) is 10.3 Å². The molecule has 0 saturated carbocycles. The van der Waals surface area contributed by atoms with Crippen molar-refractivity contribution >= 4 is 54.6 Å². The number of aromatic nitrogens is 2. The summed E-state index contributed by atoms with van der Waals surface area (Å²) >= 11 is 4.79. The molecule has 0 spiro atoms. The van der Waals surface area contributed by atoms with E-state index in [0.717, 1.165) is 21.5 Å². The van der Waals surface area contributed by atoms with Gasteiger partial charge in [-0.1, -0.05) is 11.3 Å². The lowest BCUT2D eigenvalue weighted by atomic mass is 10.2. The number of nitrogens with one attached hydrogen (secondary N) is 1. The van der Waals surface area contributed by atoms with Crippen LogP contribution in [0.1, 0.15) is 16.8 Å². The maximum atomic E-state index is 13.3. The Morgan fingerprint density at radius 3 is 2.77 bits per heavy atom. The zero-order valence-electron chi connectivity index (χ0n) is 16.0. The van der Waals surface area contributed by atoms with Gasteiger partial charge in [-0.2, -0.15) is 0 Å². The van der Waals surface area contributed by atoms with E-state index in [1.54, 1.807) is 22.4 Å². The molecule has 0 radical (unpaired) electrons. The fraction of sp³-hybridized carbons (Fsp3) is 0.300. The highest BCUT2D eigenvalue weighted by Crippen LogP contribution is 2.27. The fourth-order valence-electron chi connectivity index (χ4n) is 3.25. The Labute approximate surface area is 185 Å². The predicted octanol–water partition coefficient (Wildman–Crippen LogP) is 3.06. The zero-order chi connectivity index (χ0) is 21.1. The molecule has 0 bridgehead atoms. The Morgan fingerprint density at radius 2 is 2.00 bits per heavy atom. The van der Waals surface area contributed by atoms with E-state index in [1.807, 2.05) is 12.1 Å². The molecule has 7 nitrogen and oxygen atoms in total. The molecule has 3 aromatic rings.